The van der Waals surface area contributed by atoms with E-state index >= 15 is 0 Å². The highest BCUT2D eigenvalue weighted by Gasteiger charge is 2.26. The monoisotopic (exact) mass is 340 g/mol. The van der Waals surface area contributed by atoms with Gasteiger partial charge in [-0.15, -0.1) is 0 Å². The summed E-state index contributed by atoms with van der Waals surface area (Å²) in [4.78, 5) is 18.9. The first-order valence-electron chi connectivity index (χ1n) is 8.70. The molecule has 0 aliphatic heterocycles. The Morgan fingerprint density at radius 2 is 1.76 bits per heavy atom. The molecule has 0 fully saturated rings. The number of nitrogens with two attached hydrogens (primary N) is 1. The molecule has 1 amide bonds. The molecule has 5 heteroatoms. The Balaban J connectivity index is 2.24. The summed E-state index contributed by atoms with van der Waals surface area (Å²) in [7, 11) is 4.01. The molecule has 25 heavy (non-hydrogen) atoms. The van der Waals surface area contributed by atoms with Crippen LogP contribution in [0.4, 0.5) is 5.69 Å². The molecule has 0 atom stereocenters. The molecule has 1 aromatic carbocycles. The fourth-order valence-electron chi connectivity index (χ4n) is 2.75. The highest BCUT2D eigenvalue weighted by Crippen LogP contribution is 2.23. The van der Waals surface area contributed by atoms with Crippen LogP contribution in [0.25, 0.3) is 11.1 Å². The number of amides is 1. The molecule has 0 bridgehead atoms. The van der Waals surface area contributed by atoms with Crippen molar-refractivity contribution in [3.05, 3.63) is 48.3 Å². The molecule has 3 N–H and O–H groups in total. The summed E-state index contributed by atoms with van der Waals surface area (Å²) >= 11 is 0. The summed E-state index contributed by atoms with van der Waals surface area (Å²) in [5.74, 6) is -0.131. The van der Waals surface area contributed by atoms with Gasteiger partial charge in [-0.3, -0.25) is 9.78 Å². The van der Waals surface area contributed by atoms with E-state index in [1.165, 1.54) is 0 Å². The Morgan fingerprint density at radius 3 is 2.28 bits per heavy atom. The van der Waals surface area contributed by atoms with E-state index < -0.39 is 0 Å². The topological polar surface area (TPSA) is 71.2 Å². The Bertz CT molecular complexity index is 698. The van der Waals surface area contributed by atoms with E-state index in [0.29, 0.717) is 12.1 Å². The number of pyridine rings is 1. The van der Waals surface area contributed by atoms with Gasteiger partial charge in [-0.25, -0.2) is 0 Å². The van der Waals surface area contributed by atoms with Crippen LogP contribution in [0.1, 0.15) is 37.0 Å². The van der Waals surface area contributed by atoms with E-state index in [4.69, 9.17) is 5.73 Å². The average molecular weight is 340 g/mol. The maximum Gasteiger partial charge on any atom is 0.253 e. The number of aromatic nitrogens is 1. The molecule has 0 radical (unpaired) electrons. The number of nitrogens with zero attached hydrogens (tertiary/aromatic N) is 2. The van der Waals surface area contributed by atoms with Crippen LogP contribution in [0.2, 0.25) is 0 Å². The second kappa shape index (κ2) is 8.12. The number of nitrogens with one attached hydrogen (secondary N) is 1. The second-order valence-electron chi connectivity index (χ2n) is 6.55. The Morgan fingerprint density at radius 1 is 1.12 bits per heavy atom. The molecule has 0 unspecified atom stereocenters. The van der Waals surface area contributed by atoms with Crippen molar-refractivity contribution in [3.8, 4) is 11.1 Å². The number of carbonyl (C=O) groups is 1. The average Bonchev–Trinajstić information content (AvgIpc) is 2.66. The van der Waals surface area contributed by atoms with Crippen LogP contribution < -0.4 is 16.0 Å². The minimum atomic E-state index is -0.361. The van der Waals surface area contributed by atoms with E-state index in [0.717, 1.165) is 29.7 Å². The van der Waals surface area contributed by atoms with Gasteiger partial charge in [-0.2, -0.15) is 0 Å². The van der Waals surface area contributed by atoms with Crippen molar-refractivity contribution in [1.82, 2.24) is 10.3 Å². The van der Waals surface area contributed by atoms with Crippen molar-refractivity contribution >= 4 is 11.6 Å². The van der Waals surface area contributed by atoms with Crippen molar-refractivity contribution in [2.24, 2.45) is 5.73 Å². The number of anilines is 1. The molecule has 134 valence electrons. The maximum atomic E-state index is 12.7. The smallest absolute Gasteiger partial charge is 0.253 e. The molecule has 2 aromatic rings. The molecule has 0 aliphatic rings. The lowest BCUT2D eigenvalue weighted by atomic mass is 9.92. The first-order valence-corrected chi connectivity index (χ1v) is 8.70. The fraction of sp³-hybridized carbons (Fsp3) is 0.400. The summed E-state index contributed by atoms with van der Waals surface area (Å²) in [5, 5.41) is 3.09. The van der Waals surface area contributed by atoms with E-state index in [1.807, 2.05) is 51.0 Å². The highest BCUT2D eigenvalue weighted by atomic mass is 16.1. The van der Waals surface area contributed by atoms with Crippen molar-refractivity contribution in [1.29, 1.82) is 0 Å². The minimum Gasteiger partial charge on any atom is -0.378 e. The van der Waals surface area contributed by atoms with Crippen molar-refractivity contribution in [2.45, 2.75) is 32.2 Å². The SMILES string of the molecule is CCC(CC)(CN)NC(=O)c1cncc(-c2ccc(N(C)C)cc2)c1. The molecule has 0 saturated carbocycles. The number of benzene rings is 1. The molecule has 5 nitrogen and oxygen atoms in total. The highest BCUT2D eigenvalue weighted by molar-refractivity contribution is 5.95. The first-order chi connectivity index (χ1) is 11.9. The molecule has 0 saturated heterocycles. The Hall–Kier alpha value is -2.40. The standard InChI is InChI=1S/C20H28N4O/c1-5-20(6-2,14-21)23-19(25)17-11-16(12-22-13-17)15-7-9-18(10-8-15)24(3)4/h7-13H,5-6,14,21H2,1-4H3,(H,23,25). The van der Waals surface area contributed by atoms with Crippen LogP contribution in [0.5, 0.6) is 0 Å². The normalized spacial score (nSPS) is 11.2. The summed E-state index contributed by atoms with van der Waals surface area (Å²) in [5.41, 5.74) is 9.15. The molecule has 0 spiro atoms. The third-order valence-electron chi connectivity index (χ3n) is 4.84. The van der Waals surface area contributed by atoms with Gasteiger partial charge in [-0.05, 0) is 36.6 Å². The van der Waals surface area contributed by atoms with Crippen LogP contribution in [-0.2, 0) is 0 Å². The molecular formula is C20H28N4O. The summed E-state index contributed by atoms with van der Waals surface area (Å²) in [6.07, 6.45) is 4.96. The largest absolute Gasteiger partial charge is 0.378 e. The van der Waals surface area contributed by atoms with Gasteiger partial charge in [0.25, 0.3) is 5.91 Å². The van der Waals surface area contributed by atoms with Crippen molar-refractivity contribution < 1.29 is 4.79 Å². The molecule has 1 aromatic heterocycles. The van der Waals surface area contributed by atoms with Gasteiger partial charge < -0.3 is 16.0 Å². The summed E-state index contributed by atoms with van der Waals surface area (Å²) in [6, 6.07) is 10.1. The van der Waals surface area contributed by atoms with E-state index in [-0.39, 0.29) is 11.4 Å². The van der Waals surface area contributed by atoms with E-state index in [2.05, 4.69) is 22.4 Å². The number of hydrogen-bond acceptors (Lipinski definition) is 4. The van der Waals surface area contributed by atoms with Crippen LogP contribution in [0, 0.1) is 0 Å². The van der Waals surface area contributed by atoms with Crippen LogP contribution >= 0.6 is 0 Å². The third-order valence-corrected chi connectivity index (χ3v) is 4.84. The zero-order valence-electron chi connectivity index (χ0n) is 15.5. The maximum absolute atomic E-state index is 12.7. The second-order valence-corrected chi connectivity index (χ2v) is 6.55. The van der Waals surface area contributed by atoms with Crippen LogP contribution in [0.3, 0.4) is 0 Å². The van der Waals surface area contributed by atoms with Gasteiger partial charge in [0.05, 0.1) is 11.1 Å². The third kappa shape index (κ3) is 4.37. The predicted molar refractivity (Wildman–Crippen MR) is 104 cm³/mol. The lowest BCUT2D eigenvalue weighted by Crippen LogP contribution is -2.52. The Kier molecular flexibility index (Phi) is 6.15. The van der Waals surface area contributed by atoms with Gasteiger partial charge in [0.15, 0.2) is 0 Å². The van der Waals surface area contributed by atoms with Gasteiger partial charge in [0, 0.05) is 44.3 Å². The van der Waals surface area contributed by atoms with Crippen LogP contribution in [-0.4, -0.2) is 37.1 Å². The summed E-state index contributed by atoms with van der Waals surface area (Å²) < 4.78 is 0. The number of hydrogen-bond donors (Lipinski definition) is 2. The van der Waals surface area contributed by atoms with Crippen molar-refractivity contribution in [2.75, 3.05) is 25.5 Å². The predicted octanol–water partition coefficient (Wildman–Crippen LogP) is 3.06. The number of rotatable bonds is 7. The minimum absolute atomic E-state index is 0.131. The van der Waals surface area contributed by atoms with E-state index in [9.17, 15) is 4.79 Å². The number of carbonyl (C=O) groups excluding carboxylic acids is 1. The zero-order valence-corrected chi connectivity index (χ0v) is 15.5. The van der Waals surface area contributed by atoms with Gasteiger partial charge >= 0.3 is 0 Å². The Labute approximate surface area is 150 Å². The van der Waals surface area contributed by atoms with Gasteiger partial charge in [0.2, 0.25) is 0 Å². The molecule has 0 aliphatic carbocycles. The fourth-order valence-corrected chi connectivity index (χ4v) is 2.75. The lowest BCUT2D eigenvalue weighted by Gasteiger charge is -2.31. The first kappa shape index (κ1) is 18.9. The van der Waals surface area contributed by atoms with Gasteiger partial charge in [0.1, 0.15) is 0 Å². The van der Waals surface area contributed by atoms with E-state index in [1.54, 1.807) is 12.4 Å². The zero-order chi connectivity index (χ0) is 18.4. The van der Waals surface area contributed by atoms with Crippen molar-refractivity contribution in [3.63, 3.8) is 0 Å². The van der Waals surface area contributed by atoms with Gasteiger partial charge in [-0.1, -0.05) is 26.0 Å². The van der Waals surface area contributed by atoms with Crippen LogP contribution in [0.15, 0.2) is 42.7 Å². The molecule has 1 heterocycles. The molecule has 2 rings (SSSR count). The molecular weight excluding hydrogens is 312 g/mol. The lowest BCUT2D eigenvalue weighted by molar-refractivity contribution is 0.0895. The summed E-state index contributed by atoms with van der Waals surface area (Å²) in [6.45, 7) is 4.50. The quantitative estimate of drug-likeness (QED) is 0.812.